The zero-order valence-corrected chi connectivity index (χ0v) is 11.8. The Labute approximate surface area is 108 Å². The number of hydrogen-bond acceptors (Lipinski definition) is 5. The highest BCUT2D eigenvalue weighted by Crippen LogP contribution is 2.15. The van der Waals surface area contributed by atoms with Crippen LogP contribution in [0, 0.1) is 0 Å². The fourth-order valence-electron chi connectivity index (χ4n) is 1.71. The fourth-order valence-corrected chi connectivity index (χ4v) is 3.49. The van der Waals surface area contributed by atoms with Crippen molar-refractivity contribution in [1.29, 1.82) is 0 Å². The lowest BCUT2D eigenvalue weighted by Crippen LogP contribution is -2.54. The van der Waals surface area contributed by atoms with Gasteiger partial charge in [-0.25, -0.2) is 0 Å². The minimum Gasteiger partial charge on any atom is -0.491 e. The summed E-state index contributed by atoms with van der Waals surface area (Å²) in [6, 6.07) is 7.59. The van der Waals surface area contributed by atoms with Gasteiger partial charge >= 0.3 is 8.80 Å². The molecule has 1 heterocycles. The molecule has 1 aliphatic heterocycles. The predicted molar refractivity (Wildman–Crippen MR) is 68.1 cm³/mol. The molecule has 0 amide bonds. The maximum atomic E-state index is 5.57. The third-order valence-corrected chi connectivity index (χ3v) is 5.51. The van der Waals surface area contributed by atoms with E-state index in [-0.39, 0.29) is 6.10 Å². The number of epoxide rings is 1. The Morgan fingerprint density at radius 2 is 1.67 bits per heavy atom. The summed E-state index contributed by atoms with van der Waals surface area (Å²) in [6.45, 7) is 1.39. The lowest BCUT2D eigenvalue weighted by molar-refractivity contribution is 0.140. The SMILES string of the molecule is CO[Si](OC)(OC)c1ccc(OCC2CO2)cc1. The minimum atomic E-state index is -2.73. The Morgan fingerprint density at radius 3 is 2.11 bits per heavy atom. The molecule has 0 aliphatic carbocycles. The van der Waals surface area contributed by atoms with Crippen molar-refractivity contribution in [2.75, 3.05) is 34.5 Å². The van der Waals surface area contributed by atoms with Crippen LogP contribution in [0.3, 0.4) is 0 Å². The van der Waals surface area contributed by atoms with Crippen LogP contribution in [0.25, 0.3) is 0 Å². The molecule has 1 unspecified atom stereocenters. The second-order valence-electron chi connectivity index (χ2n) is 3.96. The van der Waals surface area contributed by atoms with E-state index < -0.39 is 8.80 Å². The van der Waals surface area contributed by atoms with Gasteiger partial charge in [0.1, 0.15) is 18.5 Å². The molecular weight excluding hydrogens is 252 g/mol. The van der Waals surface area contributed by atoms with E-state index in [1.54, 1.807) is 21.3 Å². The highest BCUT2D eigenvalue weighted by atomic mass is 28.4. The van der Waals surface area contributed by atoms with E-state index in [0.717, 1.165) is 17.5 Å². The molecule has 1 aliphatic rings. The van der Waals surface area contributed by atoms with E-state index in [1.165, 1.54) is 0 Å². The molecule has 1 fully saturated rings. The van der Waals surface area contributed by atoms with Gasteiger partial charge in [-0.1, -0.05) is 12.1 Å². The predicted octanol–water partition coefficient (Wildman–Crippen LogP) is 0.549. The van der Waals surface area contributed by atoms with Crippen LogP contribution in [0.5, 0.6) is 5.75 Å². The largest absolute Gasteiger partial charge is 0.536 e. The molecule has 0 spiro atoms. The first-order valence-corrected chi connectivity index (χ1v) is 7.47. The van der Waals surface area contributed by atoms with Crippen LogP contribution in [0.15, 0.2) is 24.3 Å². The first-order valence-electron chi connectivity index (χ1n) is 5.74. The molecule has 1 aromatic rings. The third kappa shape index (κ3) is 2.90. The summed E-state index contributed by atoms with van der Waals surface area (Å²) in [7, 11) is 2.04. The van der Waals surface area contributed by atoms with E-state index in [2.05, 4.69) is 0 Å². The summed E-state index contributed by atoms with van der Waals surface area (Å²) >= 11 is 0. The number of hydrogen-bond donors (Lipinski definition) is 0. The number of ether oxygens (including phenoxy) is 2. The first-order chi connectivity index (χ1) is 8.74. The van der Waals surface area contributed by atoms with E-state index in [4.69, 9.17) is 22.8 Å². The van der Waals surface area contributed by atoms with Crippen LogP contribution in [0.1, 0.15) is 0 Å². The molecule has 18 heavy (non-hydrogen) atoms. The quantitative estimate of drug-likeness (QED) is 0.535. The third-order valence-electron chi connectivity index (χ3n) is 2.85. The average molecular weight is 270 g/mol. The van der Waals surface area contributed by atoms with Gasteiger partial charge in [-0.15, -0.1) is 0 Å². The molecule has 1 saturated heterocycles. The maximum absolute atomic E-state index is 5.57. The maximum Gasteiger partial charge on any atom is 0.536 e. The van der Waals surface area contributed by atoms with Crippen LogP contribution in [-0.4, -0.2) is 49.5 Å². The minimum absolute atomic E-state index is 0.259. The van der Waals surface area contributed by atoms with Gasteiger partial charge in [-0.05, 0) is 12.1 Å². The van der Waals surface area contributed by atoms with Crippen molar-refractivity contribution in [2.45, 2.75) is 6.10 Å². The molecule has 2 rings (SSSR count). The van der Waals surface area contributed by atoms with E-state index in [1.807, 2.05) is 24.3 Å². The van der Waals surface area contributed by atoms with Crippen LogP contribution >= 0.6 is 0 Å². The van der Waals surface area contributed by atoms with Crippen molar-refractivity contribution in [1.82, 2.24) is 0 Å². The monoisotopic (exact) mass is 270 g/mol. The molecule has 1 aromatic carbocycles. The molecule has 5 nitrogen and oxygen atoms in total. The van der Waals surface area contributed by atoms with Gasteiger partial charge in [-0.2, -0.15) is 0 Å². The molecule has 6 heteroatoms. The standard InChI is InChI=1S/C12H18O5Si/c1-13-18(14-2,15-3)12-6-4-10(5-7-12)16-8-11-9-17-11/h4-7,11H,8-9H2,1-3H3. The Balaban J connectivity index is 2.04. The Bertz CT molecular complexity index is 364. The van der Waals surface area contributed by atoms with Crippen LogP contribution in [-0.2, 0) is 18.0 Å². The van der Waals surface area contributed by atoms with Gasteiger partial charge in [0.05, 0.1) is 6.61 Å². The fraction of sp³-hybridized carbons (Fsp3) is 0.500. The second kappa shape index (κ2) is 5.81. The van der Waals surface area contributed by atoms with Gasteiger partial charge in [0.25, 0.3) is 0 Å². The topological polar surface area (TPSA) is 49.5 Å². The van der Waals surface area contributed by atoms with Crippen molar-refractivity contribution in [2.24, 2.45) is 0 Å². The van der Waals surface area contributed by atoms with E-state index in [9.17, 15) is 0 Å². The van der Waals surface area contributed by atoms with Gasteiger partial charge in [0.2, 0.25) is 0 Å². The second-order valence-corrected chi connectivity index (χ2v) is 6.87. The molecular formula is C12H18O5Si. The van der Waals surface area contributed by atoms with Gasteiger partial charge in [0, 0.05) is 26.5 Å². The lowest BCUT2D eigenvalue weighted by Gasteiger charge is -2.24. The van der Waals surface area contributed by atoms with Crippen LogP contribution in [0.4, 0.5) is 0 Å². The molecule has 0 N–H and O–H groups in total. The molecule has 0 aromatic heterocycles. The Morgan fingerprint density at radius 1 is 1.11 bits per heavy atom. The van der Waals surface area contributed by atoms with Crippen molar-refractivity contribution < 1.29 is 22.8 Å². The summed E-state index contributed by atoms with van der Waals surface area (Å²) in [5, 5.41) is 0.907. The molecule has 0 bridgehead atoms. The zero-order chi connectivity index (χ0) is 13.0. The van der Waals surface area contributed by atoms with Gasteiger partial charge < -0.3 is 22.8 Å². The Hall–Kier alpha value is -0.923. The smallest absolute Gasteiger partial charge is 0.491 e. The van der Waals surface area contributed by atoms with Gasteiger partial charge in [0.15, 0.2) is 0 Å². The highest BCUT2D eigenvalue weighted by molar-refractivity contribution is 6.75. The van der Waals surface area contributed by atoms with E-state index >= 15 is 0 Å². The summed E-state index contributed by atoms with van der Waals surface area (Å²) in [5.74, 6) is 0.806. The molecule has 1 atom stereocenters. The zero-order valence-electron chi connectivity index (χ0n) is 10.8. The average Bonchev–Trinajstić information content (AvgIpc) is 3.24. The number of rotatable bonds is 7. The summed E-state index contributed by atoms with van der Waals surface area (Å²) in [6.07, 6.45) is 0.259. The highest BCUT2D eigenvalue weighted by Gasteiger charge is 2.40. The van der Waals surface area contributed by atoms with E-state index in [0.29, 0.717) is 6.61 Å². The van der Waals surface area contributed by atoms with Crippen molar-refractivity contribution in [3.8, 4) is 5.75 Å². The summed E-state index contributed by atoms with van der Waals surface area (Å²) < 4.78 is 26.9. The van der Waals surface area contributed by atoms with Crippen molar-refractivity contribution in [3.63, 3.8) is 0 Å². The van der Waals surface area contributed by atoms with Crippen LogP contribution in [0.2, 0.25) is 0 Å². The number of benzene rings is 1. The summed E-state index contributed by atoms with van der Waals surface area (Å²) in [5.41, 5.74) is 0. The first kappa shape index (κ1) is 13.5. The van der Waals surface area contributed by atoms with Crippen molar-refractivity contribution in [3.05, 3.63) is 24.3 Å². The Kier molecular flexibility index (Phi) is 4.36. The van der Waals surface area contributed by atoms with Gasteiger partial charge in [-0.3, -0.25) is 0 Å². The molecule has 0 saturated carbocycles. The lowest BCUT2D eigenvalue weighted by atomic mass is 10.3. The molecule has 100 valence electrons. The van der Waals surface area contributed by atoms with Crippen molar-refractivity contribution >= 4 is 14.0 Å². The molecule has 0 radical (unpaired) electrons. The normalized spacial score (nSPS) is 18.7. The summed E-state index contributed by atoms with van der Waals surface area (Å²) in [4.78, 5) is 0. The van der Waals surface area contributed by atoms with Crippen LogP contribution < -0.4 is 9.92 Å².